The third kappa shape index (κ3) is 3.59. The van der Waals surface area contributed by atoms with Crippen LogP contribution < -0.4 is 4.31 Å². The van der Waals surface area contributed by atoms with Crippen LogP contribution in [0.25, 0.3) is 0 Å². The Hall–Kier alpha value is -1.60. The average molecular weight is 392 g/mol. The Morgan fingerprint density at radius 1 is 1.07 bits per heavy atom. The van der Waals surface area contributed by atoms with Gasteiger partial charge in [-0.2, -0.15) is 0 Å². The molecule has 2 aliphatic heterocycles. The standard InChI is InChI=1S/C20H29N3O3S/c1-15-13-17-14-16(7-8-19(17)23(15)27(2,25)26)20(24)22-11-9-21(10-12-22)18-5-3-4-6-18/h7-8,14-15,18H,3-6,9-13H2,1-2H3. The van der Waals surface area contributed by atoms with Crippen molar-refractivity contribution in [2.75, 3.05) is 36.7 Å². The molecule has 7 heteroatoms. The number of carbonyl (C=O) groups is 1. The SMILES string of the molecule is CC1Cc2cc(C(=O)N3CCN(C4CCCC4)CC3)ccc2N1S(C)(=O)=O. The molecule has 1 aliphatic carbocycles. The van der Waals surface area contributed by atoms with Crippen LogP contribution in [0.4, 0.5) is 5.69 Å². The number of benzene rings is 1. The van der Waals surface area contributed by atoms with E-state index in [1.54, 1.807) is 12.1 Å². The highest BCUT2D eigenvalue weighted by Gasteiger charge is 2.34. The predicted octanol–water partition coefficient (Wildman–Crippen LogP) is 2.10. The van der Waals surface area contributed by atoms with Crippen LogP contribution in [-0.2, 0) is 16.4 Å². The van der Waals surface area contributed by atoms with E-state index in [0.29, 0.717) is 23.7 Å². The molecular formula is C20H29N3O3S. The second-order valence-corrected chi connectivity index (χ2v) is 10.1. The lowest BCUT2D eigenvalue weighted by molar-refractivity contribution is 0.0573. The molecule has 4 rings (SSSR count). The largest absolute Gasteiger partial charge is 0.336 e. The number of nitrogens with zero attached hydrogens (tertiary/aromatic N) is 3. The fourth-order valence-electron chi connectivity index (χ4n) is 4.98. The number of amides is 1. The van der Waals surface area contributed by atoms with Crippen LogP contribution in [0.3, 0.4) is 0 Å². The first-order valence-corrected chi connectivity index (χ1v) is 11.8. The summed E-state index contributed by atoms with van der Waals surface area (Å²) < 4.78 is 25.6. The molecule has 1 unspecified atom stereocenters. The number of hydrogen-bond donors (Lipinski definition) is 0. The fourth-order valence-corrected chi connectivity index (χ4v) is 6.25. The highest BCUT2D eigenvalue weighted by molar-refractivity contribution is 7.92. The van der Waals surface area contributed by atoms with Crippen molar-refractivity contribution in [1.82, 2.24) is 9.80 Å². The van der Waals surface area contributed by atoms with E-state index in [9.17, 15) is 13.2 Å². The molecule has 1 atom stereocenters. The van der Waals surface area contributed by atoms with E-state index in [-0.39, 0.29) is 11.9 Å². The minimum absolute atomic E-state index is 0.0642. The van der Waals surface area contributed by atoms with Gasteiger partial charge in [0.15, 0.2) is 0 Å². The van der Waals surface area contributed by atoms with Gasteiger partial charge < -0.3 is 4.90 Å². The summed E-state index contributed by atoms with van der Waals surface area (Å²) in [5, 5.41) is 0. The number of anilines is 1. The molecule has 1 aromatic carbocycles. The van der Waals surface area contributed by atoms with Crippen molar-refractivity contribution in [3.8, 4) is 0 Å². The van der Waals surface area contributed by atoms with Crippen LogP contribution >= 0.6 is 0 Å². The highest BCUT2D eigenvalue weighted by atomic mass is 32.2. The first-order chi connectivity index (χ1) is 12.8. The van der Waals surface area contributed by atoms with Crippen LogP contribution in [0.15, 0.2) is 18.2 Å². The van der Waals surface area contributed by atoms with Crippen molar-refractivity contribution in [1.29, 1.82) is 0 Å². The van der Waals surface area contributed by atoms with Crippen molar-refractivity contribution in [2.45, 2.75) is 51.1 Å². The lowest BCUT2D eigenvalue weighted by Gasteiger charge is -2.38. The van der Waals surface area contributed by atoms with Gasteiger partial charge in [0.1, 0.15) is 0 Å². The van der Waals surface area contributed by atoms with Gasteiger partial charge >= 0.3 is 0 Å². The number of rotatable bonds is 3. The molecule has 3 aliphatic rings. The second-order valence-electron chi connectivity index (χ2n) is 8.22. The lowest BCUT2D eigenvalue weighted by Crippen LogP contribution is -2.51. The zero-order valence-corrected chi connectivity index (χ0v) is 17.0. The Labute approximate surface area is 162 Å². The van der Waals surface area contributed by atoms with Crippen molar-refractivity contribution in [2.24, 2.45) is 0 Å². The van der Waals surface area contributed by atoms with Gasteiger partial charge in [-0.05, 0) is 49.9 Å². The van der Waals surface area contributed by atoms with E-state index < -0.39 is 10.0 Å². The molecule has 1 aromatic rings. The number of carbonyl (C=O) groups excluding carboxylic acids is 1. The number of piperazine rings is 1. The molecule has 148 valence electrons. The second kappa shape index (κ2) is 7.09. The van der Waals surface area contributed by atoms with Crippen LogP contribution in [-0.4, -0.2) is 68.6 Å². The molecule has 2 heterocycles. The smallest absolute Gasteiger partial charge is 0.253 e. The Balaban J connectivity index is 1.46. The molecular weight excluding hydrogens is 362 g/mol. The normalized spacial score (nSPS) is 24.4. The Morgan fingerprint density at radius 2 is 1.74 bits per heavy atom. The van der Waals surface area contributed by atoms with Crippen molar-refractivity contribution >= 4 is 21.6 Å². The van der Waals surface area contributed by atoms with E-state index in [0.717, 1.165) is 31.7 Å². The highest BCUT2D eigenvalue weighted by Crippen LogP contribution is 2.35. The summed E-state index contributed by atoms with van der Waals surface area (Å²) in [6.07, 6.45) is 7.16. The van der Waals surface area contributed by atoms with Gasteiger partial charge in [-0.15, -0.1) is 0 Å². The van der Waals surface area contributed by atoms with Gasteiger partial charge in [0.2, 0.25) is 10.0 Å². The third-order valence-corrected chi connectivity index (χ3v) is 7.55. The molecule has 1 saturated carbocycles. The minimum Gasteiger partial charge on any atom is -0.336 e. The van der Waals surface area contributed by atoms with Crippen molar-refractivity contribution in [3.05, 3.63) is 29.3 Å². The Morgan fingerprint density at radius 3 is 2.37 bits per heavy atom. The first-order valence-electron chi connectivity index (χ1n) is 10.0. The first kappa shape index (κ1) is 18.7. The maximum atomic E-state index is 13.0. The molecule has 0 aromatic heterocycles. The zero-order valence-electron chi connectivity index (χ0n) is 16.2. The Kier molecular flexibility index (Phi) is 4.93. The molecule has 6 nitrogen and oxygen atoms in total. The zero-order chi connectivity index (χ0) is 19.2. The molecule has 0 bridgehead atoms. The molecule has 0 N–H and O–H groups in total. The summed E-state index contributed by atoms with van der Waals surface area (Å²) in [5.74, 6) is 0.0642. The van der Waals surface area contributed by atoms with Crippen LogP contribution in [0, 0.1) is 0 Å². The van der Waals surface area contributed by atoms with E-state index >= 15 is 0 Å². The third-order valence-electron chi connectivity index (χ3n) is 6.28. The van der Waals surface area contributed by atoms with Gasteiger partial charge in [0, 0.05) is 43.8 Å². The van der Waals surface area contributed by atoms with Gasteiger partial charge in [0.25, 0.3) is 5.91 Å². The Bertz CT molecular complexity index is 825. The van der Waals surface area contributed by atoms with Crippen molar-refractivity contribution < 1.29 is 13.2 Å². The molecule has 0 spiro atoms. The molecule has 2 fully saturated rings. The fraction of sp³-hybridized carbons (Fsp3) is 0.650. The van der Waals surface area contributed by atoms with Crippen LogP contribution in [0.1, 0.15) is 48.5 Å². The van der Waals surface area contributed by atoms with Gasteiger partial charge in [0.05, 0.1) is 11.9 Å². The quantitative estimate of drug-likeness (QED) is 0.792. The number of hydrogen-bond acceptors (Lipinski definition) is 4. The minimum atomic E-state index is -3.30. The number of sulfonamides is 1. The molecule has 27 heavy (non-hydrogen) atoms. The summed E-state index contributed by atoms with van der Waals surface area (Å²) in [6, 6.07) is 6.08. The number of fused-ring (bicyclic) bond motifs is 1. The van der Waals surface area contributed by atoms with Crippen LogP contribution in [0.2, 0.25) is 0 Å². The topological polar surface area (TPSA) is 60.9 Å². The summed E-state index contributed by atoms with van der Waals surface area (Å²) in [5.41, 5.74) is 2.33. The van der Waals surface area contributed by atoms with E-state index in [1.165, 1.54) is 36.2 Å². The van der Waals surface area contributed by atoms with Gasteiger partial charge in [-0.3, -0.25) is 14.0 Å². The van der Waals surface area contributed by atoms with E-state index in [1.807, 2.05) is 17.9 Å². The monoisotopic (exact) mass is 391 g/mol. The predicted molar refractivity (Wildman–Crippen MR) is 107 cm³/mol. The van der Waals surface area contributed by atoms with E-state index in [4.69, 9.17) is 0 Å². The van der Waals surface area contributed by atoms with Gasteiger partial charge in [-0.1, -0.05) is 12.8 Å². The molecule has 1 amide bonds. The summed E-state index contributed by atoms with van der Waals surface area (Å²) in [6.45, 7) is 5.38. The maximum Gasteiger partial charge on any atom is 0.253 e. The summed E-state index contributed by atoms with van der Waals surface area (Å²) >= 11 is 0. The van der Waals surface area contributed by atoms with Gasteiger partial charge in [-0.25, -0.2) is 8.42 Å². The summed E-state index contributed by atoms with van der Waals surface area (Å²) in [7, 11) is -3.30. The van der Waals surface area contributed by atoms with E-state index in [2.05, 4.69) is 4.90 Å². The molecule has 0 radical (unpaired) electrons. The van der Waals surface area contributed by atoms with Crippen LogP contribution in [0.5, 0.6) is 0 Å². The lowest BCUT2D eigenvalue weighted by atomic mass is 10.1. The maximum absolute atomic E-state index is 13.0. The van der Waals surface area contributed by atoms with Crippen molar-refractivity contribution in [3.63, 3.8) is 0 Å². The summed E-state index contributed by atoms with van der Waals surface area (Å²) in [4.78, 5) is 17.5. The molecule has 1 saturated heterocycles. The average Bonchev–Trinajstić information content (AvgIpc) is 3.27.